The lowest BCUT2D eigenvalue weighted by atomic mass is 9.96. The number of rotatable bonds is 9. The van der Waals surface area contributed by atoms with Crippen molar-refractivity contribution < 1.29 is 13.9 Å². The number of likely N-dealkylation sites (N-methyl/N-ethyl adjacent to an activating group) is 1. The molecule has 2 aromatic heterocycles. The molecule has 0 bridgehead atoms. The molecule has 0 aliphatic carbocycles. The minimum absolute atomic E-state index is 0.0999. The van der Waals surface area contributed by atoms with E-state index in [2.05, 4.69) is 40.5 Å². The lowest BCUT2D eigenvalue weighted by Crippen LogP contribution is -2.48. The molecule has 0 radical (unpaired) electrons. The summed E-state index contributed by atoms with van der Waals surface area (Å²) in [7, 11) is 0. The fourth-order valence-electron chi connectivity index (χ4n) is 5.21. The largest absolute Gasteiger partial charge is 0.462 e. The number of ether oxygens (including phenoxy) is 1. The van der Waals surface area contributed by atoms with Crippen LogP contribution < -0.4 is 9.64 Å². The minimum atomic E-state index is -0.551. The molecule has 0 unspecified atom stereocenters. The number of nitrogens with zero attached hydrogens (tertiary/aromatic N) is 6. The smallest absolute Gasteiger partial charge is 0.319 e. The number of aromatic amines is 1. The first-order valence-electron chi connectivity index (χ1n) is 13.5. The molecule has 2 aromatic carbocycles. The van der Waals surface area contributed by atoms with Crippen molar-refractivity contribution in [3.8, 4) is 17.1 Å². The van der Waals surface area contributed by atoms with Crippen LogP contribution in [0.3, 0.4) is 0 Å². The molecule has 0 saturated carbocycles. The molecule has 5 rings (SSSR count). The van der Waals surface area contributed by atoms with E-state index in [0.717, 1.165) is 24.0 Å². The van der Waals surface area contributed by atoms with Crippen LogP contribution in [0.1, 0.15) is 19.4 Å². The second-order valence-electron chi connectivity index (χ2n) is 9.76. The SMILES string of the molecule is C=CC(=O)N1CCN(c2nc(OCCN(CC)CC)nc3c(F)c(-c4c(C)ccc5cn[nH]c45)c(Cl)cc23)CC1. The molecule has 40 heavy (non-hydrogen) atoms. The van der Waals surface area contributed by atoms with Gasteiger partial charge in [-0.1, -0.05) is 44.2 Å². The van der Waals surface area contributed by atoms with Crippen molar-refractivity contribution in [2.45, 2.75) is 20.8 Å². The Balaban J connectivity index is 1.62. The Labute approximate surface area is 237 Å². The van der Waals surface area contributed by atoms with Crippen molar-refractivity contribution in [2.24, 2.45) is 0 Å². The average molecular weight is 566 g/mol. The zero-order valence-electron chi connectivity index (χ0n) is 23.0. The third-order valence-corrected chi connectivity index (χ3v) is 7.81. The van der Waals surface area contributed by atoms with Crippen LogP contribution in [0.15, 0.2) is 37.1 Å². The highest BCUT2D eigenvalue weighted by Crippen LogP contribution is 2.42. The van der Waals surface area contributed by atoms with Crippen LogP contribution in [0.5, 0.6) is 6.01 Å². The number of H-pyrrole nitrogens is 1. The number of hydrogen-bond donors (Lipinski definition) is 1. The van der Waals surface area contributed by atoms with E-state index >= 15 is 4.39 Å². The van der Waals surface area contributed by atoms with Crippen LogP contribution in [-0.2, 0) is 4.79 Å². The highest BCUT2D eigenvalue weighted by molar-refractivity contribution is 6.35. The zero-order valence-corrected chi connectivity index (χ0v) is 23.8. The van der Waals surface area contributed by atoms with Gasteiger partial charge in [0.25, 0.3) is 0 Å². The highest BCUT2D eigenvalue weighted by Gasteiger charge is 2.27. The summed E-state index contributed by atoms with van der Waals surface area (Å²) < 4.78 is 22.6. The molecular formula is C29H33ClFN7O2. The third-order valence-electron chi connectivity index (χ3n) is 7.52. The summed E-state index contributed by atoms with van der Waals surface area (Å²) in [4.78, 5) is 27.4. The molecule has 1 fully saturated rings. The Morgan fingerprint density at radius 3 is 2.65 bits per heavy atom. The first kappa shape index (κ1) is 27.8. The van der Waals surface area contributed by atoms with E-state index in [0.29, 0.717) is 61.6 Å². The molecule has 1 aliphatic heterocycles. The lowest BCUT2D eigenvalue weighted by molar-refractivity contribution is -0.126. The maximum Gasteiger partial charge on any atom is 0.319 e. The Kier molecular flexibility index (Phi) is 8.18. The number of amides is 1. The maximum absolute atomic E-state index is 16.6. The van der Waals surface area contributed by atoms with Gasteiger partial charge in [-0.25, -0.2) is 4.39 Å². The number of halogens is 2. The third kappa shape index (κ3) is 5.21. The lowest BCUT2D eigenvalue weighted by Gasteiger charge is -2.35. The molecule has 3 heterocycles. The van der Waals surface area contributed by atoms with Crippen molar-refractivity contribution in [3.63, 3.8) is 0 Å². The van der Waals surface area contributed by atoms with Gasteiger partial charge in [-0.05, 0) is 37.7 Å². The standard InChI is InChI=1S/C29H33ClFN7O2/c1-5-22(39)37-10-12-38(13-11-37)28-20-16-21(30)24(23-18(4)8-9-19-17-32-35-26(19)23)25(31)27(20)33-29(34-28)40-15-14-36(6-2)7-3/h5,8-9,16-17H,1,6-7,10-15H2,2-4H3,(H,32,35). The molecule has 1 saturated heterocycles. The Morgan fingerprint density at radius 2 is 1.95 bits per heavy atom. The molecule has 1 N–H and O–H groups in total. The summed E-state index contributed by atoms with van der Waals surface area (Å²) in [6.45, 7) is 14.5. The average Bonchev–Trinajstić information content (AvgIpc) is 3.45. The van der Waals surface area contributed by atoms with Gasteiger partial charge < -0.3 is 19.4 Å². The van der Waals surface area contributed by atoms with Crippen molar-refractivity contribution in [3.05, 3.63) is 53.5 Å². The van der Waals surface area contributed by atoms with E-state index in [9.17, 15) is 4.79 Å². The Morgan fingerprint density at radius 1 is 1.20 bits per heavy atom. The minimum Gasteiger partial charge on any atom is -0.462 e. The number of hydrogen-bond acceptors (Lipinski definition) is 7. The number of nitrogens with one attached hydrogen (secondary N) is 1. The highest BCUT2D eigenvalue weighted by atomic mass is 35.5. The molecule has 0 spiro atoms. The van der Waals surface area contributed by atoms with Crippen LogP contribution in [0, 0.1) is 12.7 Å². The summed E-state index contributed by atoms with van der Waals surface area (Å²) in [5, 5.41) is 8.72. The number of carbonyl (C=O) groups excluding carboxylic acids is 1. The number of benzene rings is 2. The van der Waals surface area contributed by atoms with E-state index in [1.807, 2.05) is 24.0 Å². The van der Waals surface area contributed by atoms with Gasteiger partial charge in [-0.15, -0.1) is 0 Å². The van der Waals surface area contributed by atoms with Gasteiger partial charge in [0, 0.05) is 54.6 Å². The topological polar surface area (TPSA) is 90.5 Å². The molecule has 1 aliphatic rings. The van der Waals surface area contributed by atoms with Crippen LogP contribution in [-0.4, -0.2) is 88.3 Å². The normalized spacial score (nSPS) is 13.9. The molecule has 11 heteroatoms. The van der Waals surface area contributed by atoms with Crippen molar-refractivity contribution in [1.29, 1.82) is 0 Å². The second-order valence-corrected chi connectivity index (χ2v) is 10.2. The van der Waals surface area contributed by atoms with Gasteiger partial charge in [-0.3, -0.25) is 9.89 Å². The Hall–Kier alpha value is -3.76. The van der Waals surface area contributed by atoms with E-state index in [-0.39, 0.29) is 28.0 Å². The maximum atomic E-state index is 16.6. The van der Waals surface area contributed by atoms with Crippen molar-refractivity contribution >= 4 is 45.1 Å². The van der Waals surface area contributed by atoms with E-state index < -0.39 is 5.82 Å². The van der Waals surface area contributed by atoms with Crippen LogP contribution >= 0.6 is 11.6 Å². The van der Waals surface area contributed by atoms with E-state index in [1.165, 1.54) is 6.08 Å². The predicted molar refractivity (Wildman–Crippen MR) is 157 cm³/mol. The van der Waals surface area contributed by atoms with Gasteiger partial charge in [0.15, 0.2) is 5.82 Å². The molecule has 1 amide bonds. The van der Waals surface area contributed by atoms with E-state index in [4.69, 9.17) is 21.3 Å². The number of carbonyl (C=O) groups is 1. The van der Waals surface area contributed by atoms with Gasteiger partial charge in [0.05, 0.1) is 16.7 Å². The van der Waals surface area contributed by atoms with Gasteiger partial charge in [0.2, 0.25) is 5.91 Å². The summed E-state index contributed by atoms with van der Waals surface area (Å²) in [6, 6.07) is 5.68. The van der Waals surface area contributed by atoms with Crippen LogP contribution in [0.25, 0.3) is 32.9 Å². The summed E-state index contributed by atoms with van der Waals surface area (Å²) in [5.41, 5.74) is 2.57. The summed E-state index contributed by atoms with van der Waals surface area (Å²) >= 11 is 6.82. The fourth-order valence-corrected chi connectivity index (χ4v) is 5.49. The van der Waals surface area contributed by atoms with Gasteiger partial charge in [0.1, 0.15) is 17.9 Å². The monoisotopic (exact) mass is 565 g/mol. The van der Waals surface area contributed by atoms with Crippen molar-refractivity contribution in [1.82, 2.24) is 30.0 Å². The summed E-state index contributed by atoms with van der Waals surface area (Å²) in [6.07, 6.45) is 3.01. The number of aromatic nitrogens is 4. The van der Waals surface area contributed by atoms with Gasteiger partial charge in [-0.2, -0.15) is 15.1 Å². The number of aryl methyl sites for hydroxylation is 1. The Bertz CT molecular complexity index is 1560. The van der Waals surface area contributed by atoms with Crippen molar-refractivity contribution in [2.75, 3.05) is 57.3 Å². The fraction of sp³-hybridized carbons (Fsp3) is 0.379. The molecular weight excluding hydrogens is 533 g/mol. The number of piperazine rings is 1. The predicted octanol–water partition coefficient (Wildman–Crippen LogP) is 4.83. The molecule has 210 valence electrons. The van der Waals surface area contributed by atoms with Gasteiger partial charge >= 0.3 is 6.01 Å². The molecule has 9 nitrogen and oxygen atoms in total. The number of anilines is 1. The zero-order chi connectivity index (χ0) is 28.4. The second kappa shape index (κ2) is 11.8. The summed E-state index contributed by atoms with van der Waals surface area (Å²) in [5.74, 6) is -0.141. The number of fused-ring (bicyclic) bond motifs is 2. The molecule has 4 aromatic rings. The quantitative estimate of drug-likeness (QED) is 0.291. The first-order valence-corrected chi connectivity index (χ1v) is 13.9. The first-order chi connectivity index (χ1) is 19.4. The van der Waals surface area contributed by atoms with Crippen LogP contribution in [0.2, 0.25) is 5.02 Å². The van der Waals surface area contributed by atoms with E-state index in [1.54, 1.807) is 17.2 Å². The van der Waals surface area contributed by atoms with Crippen LogP contribution in [0.4, 0.5) is 10.2 Å². The molecule has 0 atom stereocenters.